The fourth-order valence-electron chi connectivity index (χ4n) is 1.82. The van der Waals surface area contributed by atoms with Crippen LogP contribution >= 0.6 is 11.3 Å². The van der Waals surface area contributed by atoms with Crippen LogP contribution in [0.2, 0.25) is 0 Å². The summed E-state index contributed by atoms with van der Waals surface area (Å²) in [6.45, 7) is 2.32. The smallest absolute Gasteiger partial charge is 0.0465 e. The van der Waals surface area contributed by atoms with E-state index >= 15 is 0 Å². The molecule has 0 saturated carbocycles. The molecular formula is C15H16OS. The Morgan fingerprint density at radius 1 is 1.24 bits per heavy atom. The van der Waals surface area contributed by atoms with Gasteiger partial charge in [0.05, 0.1) is 0 Å². The molecule has 0 spiro atoms. The van der Waals surface area contributed by atoms with Crippen LogP contribution in [0.1, 0.15) is 22.4 Å². The van der Waals surface area contributed by atoms with Gasteiger partial charge in [-0.2, -0.15) is 0 Å². The number of benzene rings is 1. The third-order valence-electron chi connectivity index (χ3n) is 2.67. The highest BCUT2D eigenvalue weighted by atomic mass is 32.1. The van der Waals surface area contributed by atoms with Crippen molar-refractivity contribution in [1.82, 2.24) is 0 Å². The van der Waals surface area contributed by atoms with E-state index in [0.717, 1.165) is 0 Å². The molecule has 0 aliphatic heterocycles. The molecule has 0 atom stereocenters. The summed E-state index contributed by atoms with van der Waals surface area (Å²) >= 11 is 1.75. The molecule has 2 rings (SSSR count). The monoisotopic (exact) mass is 244 g/mol. The summed E-state index contributed by atoms with van der Waals surface area (Å²) in [5.74, 6) is 0. The van der Waals surface area contributed by atoms with E-state index < -0.39 is 0 Å². The Balaban J connectivity index is 2.43. The second-order valence-electron chi connectivity index (χ2n) is 3.93. The predicted molar refractivity (Wildman–Crippen MR) is 74.3 cm³/mol. The average Bonchev–Trinajstić information content (AvgIpc) is 2.78. The Bertz CT molecular complexity index is 497. The van der Waals surface area contributed by atoms with Crippen molar-refractivity contribution in [2.24, 2.45) is 0 Å². The van der Waals surface area contributed by atoms with E-state index in [0.29, 0.717) is 6.42 Å². The lowest BCUT2D eigenvalue weighted by atomic mass is 10.0. The van der Waals surface area contributed by atoms with Crippen LogP contribution in [-0.4, -0.2) is 11.7 Å². The van der Waals surface area contributed by atoms with E-state index in [9.17, 15) is 0 Å². The van der Waals surface area contributed by atoms with Gasteiger partial charge in [0.2, 0.25) is 0 Å². The van der Waals surface area contributed by atoms with Gasteiger partial charge in [-0.05, 0) is 41.5 Å². The molecule has 2 aromatic rings. The van der Waals surface area contributed by atoms with Crippen molar-refractivity contribution in [2.75, 3.05) is 6.61 Å². The summed E-state index contributed by atoms with van der Waals surface area (Å²) in [5.41, 5.74) is 3.74. The molecule has 0 radical (unpaired) electrons. The van der Waals surface area contributed by atoms with Crippen molar-refractivity contribution in [3.63, 3.8) is 0 Å². The Morgan fingerprint density at radius 2 is 2.00 bits per heavy atom. The standard InChI is InChI=1S/C15H16OS/c1-12-9-11-17-15(12)14(8-5-10-16)13-6-3-2-4-7-13/h2-4,6-9,11,16H,5,10H2,1H3. The Kier molecular flexibility index (Phi) is 4.13. The number of thiophene rings is 1. The fourth-order valence-corrected chi connectivity index (χ4v) is 2.81. The van der Waals surface area contributed by atoms with E-state index in [-0.39, 0.29) is 6.61 Å². The first-order chi connectivity index (χ1) is 8.33. The largest absolute Gasteiger partial charge is 0.396 e. The molecule has 0 saturated heterocycles. The van der Waals surface area contributed by atoms with E-state index in [4.69, 9.17) is 5.11 Å². The zero-order valence-corrected chi connectivity index (χ0v) is 10.7. The minimum atomic E-state index is 0.195. The van der Waals surface area contributed by atoms with Gasteiger partial charge in [0.15, 0.2) is 0 Å². The minimum absolute atomic E-state index is 0.195. The van der Waals surface area contributed by atoms with Crippen molar-refractivity contribution in [2.45, 2.75) is 13.3 Å². The van der Waals surface area contributed by atoms with E-state index in [1.165, 1.54) is 21.6 Å². The van der Waals surface area contributed by atoms with Crippen molar-refractivity contribution < 1.29 is 5.11 Å². The third kappa shape index (κ3) is 2.84. The molecule has 1 nitrogen and oxygen atoms in total. The lowest BCUT2D eigenvalue weighted by Crippen LogP contribution is -1.88. The van der Waals surface area contributed by atoms with E-state index in [1.807, 2.05) is 18.2 Å². The summed E-state index contributed by atoms with van der Waals surface area (Å²) in [5, 5.41) is 11.1. The summed E-state index contributed by atoms with van der Waals surface area (Å²) in [6.07, 6.45) is 2.82. The van der Waals surface area contributed by atoms with Crippen LogP contribution in [0.4, 0.5) is 0 Å². The highest BCUT2D eigenvalue weighted by Gasteiger charge is 2.08. The van der Waals surface area contributed by atoms with Gasteiger partial charge >= 0.3 is 0 Å². The Morgan fingerprint density at radius 3 is 2.59 bits per heavy atom. The van der Waals surface area contributed by atoms with Gasteiger partial charge in [-0.25, -0.2) is 0 Å². The lowest BCUT2D eigenvalue weighted by molar-refractivity contribution is 0.303. The Labute approximate surface area is 106 Å². The molecule has 0 fully saturated rings. The number of aliphatic hydroxyl groups excluding tert-OH is 1. The van der Waals surface area contributed by atoms with Crippen molar-refractivity contribution in [3.8, 4) is 0 Å². The molecule has 0 amide bonds. The number of hydrogen-bond donors (Lipinski definition) is 1. The lowest BCUT2D eigenvalue weighted by Gasteiger charge is -2.07. The third-order valence-corrected chi connectivity index (χ3v) is 3.72. The van der Waals surface area contributed by atoms with Gasteiger partial charge in [0.1, 0.15) is 0 Å². The molecule has 2 heteroatoms. The summed E-state index contributed by atoms with van der Waals surface area (Å²) in [7, 11) is 0. The predicted octanol–water partition coefficient (Wildman–Crippen LogP) is 3.87. The van der Waals surface area contributed by atoms with Crippen LogP contribution in [0.25, 0.3) is 5.57 Å². The van der Waals surface area contributed by atoms with E-state index in [1.54, 1.807) is 11.3 Å². The average molecular weight is 244 g/mol. The number of hydrogen-bond acceptors (Lipinski definition) is 2. The zero-order valence-electron chi connectivity index (χ0n) is 9.89. The summed E-state index contributed by atoms with van der Waals surface area (Å²) in [6, 6.07) is 12.5. The van der Waals surface area contributed by atoms with Crippen molar-refractivity contribution >= 4 is 16.9 Å². The molecule has 1 heterocycles. The number of aryl methyl sites for hydroxylation is 1. The van der Waals surface area contributed by atoms with Crippen LogP contribution in [0.3, 0.4) is 0 Å². The van der Waals surface area contributed by atoms with Gasteiger partial charge in [-0.15, -0.1) is 11.3 Å². The van der Waals surface area contributed by atoms with Crippen LogP contribution in [0.5, 0.6) is 0 Å². The van der Waals surface area contributed by atoms with Gasteiger partial charge in [0.25, 0.3) is 0 Å². The molecule has 1 N–H and O–H groups in total. The molecule has 0 aliphatic carbocycles. The van der Waals surface area contributed by atoms with Gasteiger partial charge in [-0.1, -0.05) is 36.4 Å². The zero-order chi connectivity index (χ0) is 12.1. The van der Waals surface area contributed by atoms with Crippen LogP contribution in [-0.2, 0) is 0 Å². The second kappa shape index (κ2) is 5.80. The first kappa shape index (κ1) is 12.1. The van der Waals surface area contributed by atoms with Gasteiger partial charge in [-0.3, -0.25) is 0 Å². The molecule has 0 bridgehead atoms. The van der Waals surface area contributed by atoms with Crippen LogP contribution < -0.4 is 0 Å². The minimum Gasteiger partial charge on any atom is -0.396 e. The molecule has 88 valence electrons. The van der Waals surface area contributed by atoms with Gasteiger partial charge < -0.3 is 5.11 Å². The van der Waals surface area contributed by atoms with E-state index in [2.05, 4.69) is 36.6 Å². The maximum absolute atomic E-state index is 8.99. The molecule has 1 aromatic heterocycles. The second-order valence-corrected chi connectivity index (χ2v) is 4.84. The molecular weight excluding hydrogens is 228 g/mol. The maximum Gasteiger partial charge on any atom is 0.0465 e. The first-order valence-electron chi connectivity index (χ1n) is 5.74. The normalized spacial score (nSPS) is 11.8. The Hall–Kier alpha value is -1.38. The van der Waals surface area contributed by atoms with Crippen molar-refractivity contribution in [3.05, 3.63) is 63.9 Å². The fraction of sp³-hybridized carbons (Fsp3) is 0.200. The molecule has 0 aliphatic rings. The highest BCUT2D eigenvalue weighted by Crippen LogP contribution is 2.30. The number of aliphatic hydroxyl groups is 1. The summed E-state index contributed by atoms with van der Waals surface area (Å²) in [4.78, 5) is 1.30. The molecule has 1 aromatic carbocycles. The quantitative estimate of drug-likeness (QED) is 0.865. The molecule has 17 heavy (non-hydrogen) atoms. The summed E-state index contributed by atoms with van der Waals surface area (Å²) < 4.78 is 0. The first-order valence-corrected chi connectivity index (χ1v) is 6.62. The molecule has 0 unspecified atom stereocenters. The van der Waals surface area contributed by atoms with Crippen molar-refractivity contribution in [1.29, 1.82) is 0 Å². The van der Waals surface area contributed by atoms with Crippen LogP contribution in [0, 0.1) is 6.92 Å². The highest BCUT2D eigenvalue weighted by molar-refractivity contribution is 7.11. The topological polar surface area (TPSA) is 20.2 Å². The van der Waals surface area contributed by atoms with Gasteiger partial charge in [0, 0.05) is 11.5 Å². The van der Waals surface area contributed by atoms with Crippen LogP contribution in [0.15, 0.2) is 47.9 Å². The maximum atomic E-state index is 8.99. The SMILES string of the molecule is Cc1ccsc1C(=CCCO)c1ccccc1. The number of rotatable bonds is 4.